The SMILES string of the molecule is O=C(O)/C=C/c1cccc(F)c1OCC1CC1. The Morgan fingerprint density at radius 1 is 1.53 bits per heavy atom. The van der Waals surface area contributed by atoms with Crippen molar-refractivity contribution in [2.45, 2.75) is 12.8 Å². The van der Waals surface area contributed by atoms with Crippen LogP contribution in [-0.2, 0) is 4.79 Å². The number of carboxylic acid groups (broad SMARTS) is 1. The molecular weight excluding hydrogens is 223 g/mol. The van der Waals surface area contributed by atoms with Gasteiger partial charge in [0.15, 0.2) is 11.6 Å². The summed E-state index contributed by atoms with van der Waals surface area (Å²) < 4.78 is 18.9. The number of aliphatic carboxylic acids is 1. The third kappa shape index (κ3) is 3.31. The van der Waals surface area contributed by atoms with E-state index in [9.17, 15) is 9.18 Å². The van der Waals surface area contributed by atoms with Crippen LogP contribution in [0, 0.1) is 11.7 Å². The summed E-state index contributed by atoms with van der Waals surface area (Å²) in [7, 11) is 0. The molecule has 0 saturated heterocycles. The molecule has 0 unspecified atom stereocenters. The molecule has 2 rings (SSSR count). The lowest BCUT2D eigenvalue weighted by atomic mass is 10.2. The maximum Gasteiger partial charge on any atom is 0.328 e. The van der Waals surface area contributed by atoms with E-state index >= 15 is 0 Å². The van der Waals surface area contributed by atoms with Gasteiger partial charge in [0.1, 0.15) is 0 Å². The van der Waals surface area contributed by atoms with Crippen molar-refractivity contribution in [3.05, 3.63) is 35.7 Å². The molecule has 1 saturated carbocycles. The second kappa shape index (κ2) is 4.99. The maximum absolute atomic E-state index is 13.5. The normalized spacial score (nSPS) is 15.1. The van der Waals surface area contributed by atoms with E-state index in [0.717, 1.165) is 18.9 Å². The van der Waals surface area contributed by atoms with Gasteiger partial charge in [-0.15, -0.1) is 0 Å². The number of benzene rings is 1. The van der Waals surface area contributed by atoms with E-state index in [-0.39, 0.29) is 5.75 Å². The summed E-state index contributed by atoms with van der Waals surface area (Å²) in [5.74, 6) is -0.872. The number of halogens is 1. The third-order valence-electron chi connectivity index (χ3n) is 2.56. The second-order valence-electron chi connectivity index (χ2n) is 4.08. The van der Waals surface area contributed by atoms with Crippen LogP contribution < -0.4 is 4.74 Å². The molecule has 0 aromatic heterocycles. The van der Waals surface area contributed by atoms with Crippen molar-refractivity contribution in [2.24, 2.45) is 5.92 Å². The van der Waals surface area contributed by atoms with E-state index in [1.54, 1.807) is 6.07 Å². The molecule has 1 aromatic rings. The van der Waals surface area contributed by atoms with E-state index in [1.807, 2.05) is 0 Å². The fourth-order valence-corrected chi connectivity index (χ4v) is 1.46. The average Bonchev–Trinajstić information content (AvgIpc) is 3.08. The number of rotatable bonds is 5. The minimum absolute atomic E-state index is 0.136. The maximum atomic E-state index is 13.5. The minimum Gasteiger partial charge on any atom is -0.490 e. The Kier molecular flexibility index (Phi) is 3.42. The van der Waals surface area contributed by atoms with Gasteiger partial charge < -0.3 is 9.84 Å². The zero-order valence-corrected chi connectivity index (χ0v) is 9.23. The van der Waals surface area contributed by atoms with E-state index in [1.165, 1.54) is 18.2 Å². The summed E-state index contributed by atoms with van der Waals surface area (Å²) in [6.45, 7) is 0.495. The van der Waals surface area contributed by atoms with Crippen molar-refractivity contribution >= 4 is 12.0 Å². The van der Waals surface area contributed by atoms with Gasteiger partial charge >= 0.3 is 5.97 Å². The van der Waals surface area contributed by atoms with Crippen LogP contribution in [0.5, 0.6) is 5.75 Å². The van der Waals surface area contributed by atoms with E-state index in [0.29, 0.717) is 18.1 Å². The predicted molar refractivity (Wildman–Crippen MR) is 61.3 cm³/mol. The molecule has 0 atom stereocenters. The molecule has 1 N–H and O–H groups in total. The second-order valence-corrected chi connectivity index (χ2v) is 4.08. The molecule has 1 aromatic carbocycles. The van der Waals surface area contributed by atoms with Gasteiger partial charge in [0, 0.05) is 11.6 Å². The summed E-state index contributed by atoms with van der Waals surface area (Å²) in [4.78, 5) is 10.4. The van der Waals surface area contributed by atoms with Crippen LogP contribution in [0.15, 0.2) is 24.3 Å². The van der Waals surface area contributed by atoms with Gasteiger partial charge in [-0.1, -0.05) is 12.1 Å². The van der Waals surface area contributed by atoms with Crippen LogP contribution in [0.1, 0.15) is 18.4 Å². The summed E-state index contributed by atoms with van der Waals surface area (Å²) in [6.07, 6.45) is 4.55. The summed E-state index contributed by atoms with van der Waals surface area (Å²) in [5.41, 5.74) is 0.452. The Morgan fingerprint density at radius 3 is 2.94 bits per heavy atom. The van der Waals surface area contributed by atoms with Crippen molar-refractivity contribution < 1.29 is 19.0 Å². The highest BCUT2D eigenvalue weighted by Crippen LogP contribution is 2.31. The summed E-state index contributed by atoms with van der Waals surface area (Å²) >= 11 is 0. The van der Waals surface area contributed by atoms with Crippen LogP contribution in [-0.4, -0.2) is 17.7 Å². The molecule has 1 aliphatic rings. The van der Waals surface area contributed by atoms with Gasteiger partial charge in [-0.05, 0) is 30.9 Å². The first-order chi connectivity index (χ1) is 8.16. The lowest BCUT2D eigenvalue weighted by Gasteiger charge is -2.09. The molecule has 17 heavy (non-hydrogen) atoms. The Hall–Kier alpha value is -1.84. The molecule has 0 aliphatic heterocycles. The monoisotopic (exact) mass is 236 g/mol. The van der Waals surface area contributed by atoms with Gasteiger partial charge in [0.2, 0.25) is 0 Å². The third-order valence-corrected chi connectivity index (χ3v) is 2.56. The van der Waals surface area contributed by atoms with Crippen LogP contribution in [0.4, 0.5) is 4.39 Å². The Bertz CT molecular complexity index is 450. The Labute approximate surface area is 98.5 Å². The molecule has 1 fully saturated rings. The zero-order valence-electron chi connectivity index (χ0n) is 9.23. The Morgan fingerprint density at radius 2 is 2.29 bits per heavy atom. The topological polar surface area (TPSA) is 46.5 Å². The van der Waals surface area contributed by atoms with Crippen molar-refractivity contribution in [1.29, 1.82) is 0 Å². The van der Waals surface area contributed by atoms with Crippen molar-refractivity contribution in [3.63, 3.8) is 0 Å². The average molecular weight is 236 g/mol. The first-order valence-electron chi connectivity index (χ1n) is 5.49. The molecule has 4 heteroatoms. The van der Waals surface area contributed by atoms with Gasteiger partial charge in [0.05, 0.1) is 6.61 Å². The number of ether oxygens (including phenoxy) is 1. The van der Waals surface area contributed by atoms with Crippen LogP contribution in [0.2, 0.25) is 0 Å². The first kappa shape index (κ1) is 11.6. The smallest absolute Gasteiger partial charge is 0.328 e. The molecule has 90 valence electrons. The van der Waals surface area contributed by atoms with E-state index < -0.39 is 11.8 Å². The van der Waals surface area contributed by atoms with E-state index in [2.05, 4.69) is 0 Å². The van der Waals surface area contributed by atoms with Gasteiger partial charge in [-0.25, -0.2) is 9.18 Å². The van der Waals surface area contributed by atoms with Crippen molar-refractivity contribution in [2.75, 3.05) is 6.61 Å². The molecule has 3 nitrogen and oxygen atoms in total. The largest absolute Gasteiger partial charge is 0.490 e. The van der Waals surface area contributed by atoms with Crippen LogP contribution >= 0.6 is 0 Å². The lowest BCUT2D eigenvalue weighted by Crippen LogP contribution is -2.02. The summed E-state index contributed by atoms with van der Waals surface area (Å²) in [6, 6.07) is 4.46. The van der Waals surface area contributed by atoms with Crippen LogP contribution in [0.25, 0.3) is 6.08 Å². The van der Waals surface area contributed by atoms with E-state index in [4.69, 9.17) is 9.84 Å². The van der Waals surface area contributed by atoms with Gasteiger partial charge in [0.25, 0.3) is 0 Å². The predicted octanol–water partition coefficient (Wildman–Crippen LogP) is 2.71. The lowest BCUT2D eigenvalue weighted by molar-refractivity contribution is -0.131. The van der Waals surface area contributed by atoms with Crippen molar-refractivity contribution in [1.82, 2.24) is 0 Å². The molecule has 1 aliphatic carbocycles. The Balaban J connectivity index is 2.16. The molecule has 0 amide bonds. The number of hydrogen-bond acceptors (Lipinski definition) is 2. The molecule has 0 radical (unpaired) electrons. The minimum atomic E-state index is -1.07. The van der Waals surface area contributed by atoms with Gasteiger partial charge in [-0.3, -0.25) is 0 Å². The first-order valence-corrected chi connectivity index (χ1v) is 5.49. The highest BCUT2D eigenvalue weighted by Gasteiger charge is 2.23. The number of hydrogen-bond donors (Lipinski definition) is 1. The molecule has 0 spiro atoms. The highest BCUT2D eigenvalue weighted by molar-refractivity contribution is 5.85. The standard InChI is InChI=1S/C13H13FO3/c14-11-3-1-2-10(6-7-12(15)16)13(11)17-8-9-4-5-9/h1-3,6-7,9H,4-5,8H2,(H,15,16)/b7-6+. The fourth-order valence-electron chi connectivity index (χ4n) is 1.46. The molecular formula is C13H13FO3. The fraction of sp³-hybridized carbons (Fsp3) is 0.308. The number of carboxylic acids is 1. The molecule has 0 bridgehead atoms. The summed E-state index contributed by atoms with van der Waals surface area (Å²) in [5, 5.41) is 8.54. The van der Waals surface area contributed by atoms with Gasteiger partial charge in [-0.2, -0.15) is 0 Å². The number of carbonyl (C=O) groups is 1. The molecule has 0 heterocycles. The van der Waals surface area contributed by atoms with Crippen molar-refractivity contribution in [3.8, 4) is 5.75 Å². The number of para-hydroxylation sites is 1. The van der Waals surface area contributed by atoms with Crippen LogP contribution in [0.3, 0.4) is 0 Å². The quantitative estimate of drug-likeness (QED) is 0.799. The highest BCUT2D eigenvalue weighted by atomic mass is 19.1. The zero-order chi connectivity index (χ0) is 12.3.